The topological polar surface area (TPSA) is 64.3 Å². The molecular weight excluding hydrogens is 211 g/mol. The average Bonchev–Trinajstić information content (AvgIpc) is 2.09. The van der Waals surface area contributed by atoms with Gasteiger partial charge in [-0.05, 0) is 32.9 Å². The van der Waals surface area contributed by atoms with Crippen LogP contribution in [0.5, 0.6) is 5.75 Å². The van der Waals surface area contributed by atoms with Crippen molar-refractivity contribution in [3.8, 4) is 5.75 Å². The summed E-state index contributed by atoms with van der Waals surface area (Å²) in [7, 11) is 0. The molecule has 0 heterocycles. The van der Waals surface area contributed by atoms with E-state index in [0.717, 1.165) is 0 Å². The second-order valence-corrected chi connectivity index (χ2v) is 4.42. The highest BCUT2D eigenvalue weighted by molar-refractivity contribution is 5.71. The van der Waals surface area contributed by atoms with Crippen LogP contribution in [0.3, 0.4) is 0 Å². The highest BCUT2D eigenvalue weighted by Gasteiger charge is 2.17. The molecule has 16 heavy (non-hydrogen) atoms. The Morgan fingerprint density at radius 3 is 2.62 bits per heavy atom. The minimum atomic E-state index is -0.730. The molecule has 1 aromatic carbocycles. The predicted octanol–water partition coefficient (Wildman–Crippen LogP) is 2.29. The summed E-state index contributed by atoms with van der Waals surface area (Å²) in [5, 5.41) is 2.55. The zero-order valence-corrected chi connectivity index (χ0v) is 9.50. The van der Waals surface area contributed by atoms with Crippen molar-refractivity contribution in [2.24, 2.45) is 0 Å². The van der Waals surface area contributed by atoms with Gasteiger partial charge < -0.3 is 15.8 Å². The number of halogens is 1. The lowest BCUT2D eigenvalue weighted by atomic mass is 10.1. The Balaban J connectivity index is 2.74. The van der Waals surface area contributed by atoms with E-state index in [4.69, 9.17) is 10.5 Å². The molecule has 1 aromatic rings. The van der Waals surface area contributed by atoms with Gasteiger partial charge in [0.1, 0.15) is 0 Å². The molecule has 0 aliphatic carbocycles. The Morgan fingerprint density at radius 2 is 2.06 bits per heavy atom. The van der Waals surface area contributed by atoms with E-state index in [-0.39, 0.29) is 11.4 Å². The fourth-order valence-corrected chi connectivity index (χ4v) is 1.04. The summed E-state index contributed by atoms with van der Waals surface area (Å²) in [6, 6.07) is 4.25. The first-order valence-electron chi connectivity index (χ1n) is 4.83. The van der Waals surface area contributed by atoms with Crippen LogP contribution in [0.25, 0.3) is 0 Å². The van der Waals surface area contributed by atoms with E-state index in [2.05, 4.69) is 5.32 Å². The van der Waals surface area contributed by atoms with Gasteiger partial charge in [-0.2, -0.15) is 0 Å². The number of carbonyl (C=O) groups is 1. The van der Waals surface area contributed by atoms with Gasteiger partial charge in [0.2, 0.25) is 0 Å². The third kappa shape index (κ3) is 3.42. The van der Waals surface area contributed by atoms with E-state index in [1.807, 2.05) is 0 Å². The van der Waals surface area contributed by atoms with Crippen LogP contribution < -0.4 is 15.8 Å². The van der Waals surface area contributed by atoms with Gasteiger partial charge in [-0.15, -0.1) is 0 Å². The van der Waals surface area contributed by atoms with Crippen molar-refractivity contribution >= 4 is 11.8 Å². The number of nitrogens with one attached hydrogen (secondary N) is 1. The highest BCUT2D eigenvalue weighted by atomic mass is 19.1. The number of amides is 1. The first-order valence-corrected chi connectivity index (χ1v) is 4.83. The first-order chi connectivity index (χ1) is 7.29. The molecule has 5 heteroatoms. The smallest absolute Gasteiger partial charge is 0.407 e. The summed E-state index contributed by atoms with van der Waals surface area (Å²) < 4.78 is 18.2. The quantitative estimate of drug-likeness (QED) is 0.722. The molecule has 0 aliphatic rings. The molecule has 0 atom stereocenters. The Hall–Kier alpha value is -1.78. The SMILES string of the molecule is CC(C)(C)NC(=O)Oc1cccc(N)c1F. The van der Waals surface area contributed by atoms with Crippen molar-refractivity contribution in [3.05, 3.63) is 24.0 Å². The summed E-state index contributed by atoms with van der Waals surface area (Å²) in [5.41, 5.74) is 4.85. The molecule has 1 amide bonds. The minimum Gasteiger partial charge on any atom is -0.407 e. The van der Waals surface area contributed by atoms with Crippen LogP contribution in [-0.4, -0.2) is 11.6 Å². The van der Waals surface area contributed by atoms with E-state index in [9.17, 15) is 9.18 Å². The molecule has 0 saturated heterocycles. The molecule has 4 nitrogen and oxygen atoms in total. The van der Waals surface area contributed by atoms with Crippen LogP contribution in [-0.2, 0) is 0 Å². The Morgan fingerprint density at radius 1 is 1.44 bits per heavy atom. The first kappa shape index (κ1) is 12.3. The third-order valence-corrected chi connectivity index (χ3v) is 1.67. The van der Waals surface area contributed by atoms with Crippen LogP contribution in [0.15, 0.2) is 18.2 Å². The number of nitrogens with two attached hydrogens (primary N) is 1. The van der Waals surface area contributed by atoms with Crippen LogP contribution >= 0.6 is 0 Å². The minimum absolute atomic E-state index is 0.0546. The molecule has 1 rings (SSSR count). The Labute approximate surface area is 93.6 Å². The molecule has 0 spiro atoms. The summed E-state index contributed by atoms with van der Waals surface area (Å²) in [5.74, 6) is -0.909. The van der Waals surface area contributed by atoms with Crippen LogP contribution in [0, 0.1) is 5.82 Å². The van der Waals surface area contributed by atoms with Crippen molar-refractivity contribution in [1.29, 1.82) is 0 Å². The van der Waals surface area contributed by atoms with Crippen molar-refractivity contribution < 1.29 is 13.9 Å². The van der Waals surface area contributed by atoms with Crippen molar-refractivity contribution in [2.45, 2.75) is 26.3 Å². The van der Waals surface area contributed by atoms with Crippen LogP contribution in [0.2, 0.25) is 0 Å². The van der Waals surface area contributed by atoms with Crippen molar-refractivity contribution in [1.82, 2.24) is 5.32 Å². The van der Waals surface area contributed by atoms with Crippen LogP contribution in [0.1, 0.15) is 20.8 Å². The maximum atomic E-state index is 13.4. The molecule has 0 aliphatic heterocycles. The lowest BCUT2D eigenvalue weighted by Crippen LogP contribution is -2.42. The monoisotopic (exact) mass is 226 g/mol. The number of carbonyl (C=O) groups excluding carboxylic acids is 1. The number of hydrogen-bond acceptors (Lipinski definition) is 3. The van der Waals surface area contributed by atoms with E-state index < -0.39 is 17.4 Å². The second-order valence-electron chi connectivity index (χ2n) is 4.42. The number of hydrogen-bond donors (Lipinski definition) is 2. The van der Waals surface area contributed by atoms with E-state index in [1.54, 1.807) is 20.8 Å². The number of rotatable bonds is 1. The largest absolute Gasteiger partial charge is 0.413 e. The molecule has 88 valence electrons. The standard InChI is InChI=1S/C11H15FN2O2/c1-11(2,3)14-10(15)16-8-6-4-5-7(13)9(8)12/h4-6H,13H2,1-3H3,(H,14,15). The molecule has 0 aromatic heterocycles. The van der Waals surface area contributed by atoms with Gasteiger partial charge in [0.25, 0.3) is 0 Å². The normalized spacial score (nSPS) is 11.0. The number of anilines is 1. The maximum absolute atomic E-state index is 13.4. The fraction of sp³-hybridized carbons (Fsp3) is 0.364. The van der Waals surface area contributed by atoms with Gasteiger partial charge in [-0.3, -0.25) is 0 Å². The van der Waals surface area contributed by atoms with Crippen molar-refractivity contribution in [3.63, 3.8) is 0 Å². The molecule has 0 radical (unpaired) electrons. The van der Waals surface area contributed by atoms with Gasteiger partial charge in [-0.25, -0.2) is 9.18 Å². The van der Waals surface area contributed by atoms with E-state index in [0.29, 0.717) is 0 Å². The summed E-state index contributed by atoms with van der Waals surface area (Å²) in [6.45, 7) is 5.39. The second kappa shape index (κ2) is 4.38. The number of nitrogen functional groups attached to an aromatic ring is 1. The lowest BCUT2D eigenvalue weighted by Gasteiger charge is -2.19. The van der Waals surface area contributed by atoms with Gasteiger partial charge in [0.15, 0.2) is 11.6 Å². The Bertz CT molecular complexity index is 399. The predicted molar refractivity (Wildman–Crippen MR) is 59.7 cm³/mol. The number of benzene rings is 1. The zero-order valence-electron chi connectivity index (χ0n) is 9.50. The van der Waals surface area contributed by atoms with E-state index in [1.165, 1.54) is 18.2 Å². The Kier molecular flexibility index (Phi) is 3.37. The van der Waals surface area contributed by atoms with E-state index >= 15 is 0 Å². The number of ether oxygens (including phenoxy) is 1. The van der Waals surface area contributed by atoms with Crippen molar-refractivity contribution in [2.75, 3.05) is 5.73 Å². The lowest BCUT2D eigenvalue weighted by molar-refractivity contribution is 0.188. The average molecular weight is 226 g/mol. The molecular formula is C11H15FN2O2. The van der Waals surface area contributed by atoms with Gasteiger partial charge >= 0.3 is 6.09 Å². The molecule has 0 unspecified atom stereocenters. The highest BCUT2D eigenvalue weighted by Crippen LogP contribution is 2.22. The molecule has 0 fully saturated rings. The fourth-order valence-electron chi connectivity index (χ4n) is 1.04. The van der Waals surface area contributed by atoms with Gasteiger partial charge in [0, 0.05) is 5.54 Å². The molecule has 0 bridgehead atoms. The molecule has 3 N–H and O–H groups in total. The third-order valence-electron chi connectivity index (χ3n) is 1.67. The summed E-state index contributed by atoms with van der Waals surface area (Å²) in [4.78, 5) is 11.4. The molecule has 0 saturated carbocycles. The van der Waals surface area contributed by atoms with Crippen LogP contribution in [0.4, 0.5) is 14.9 Å². The van der Waals surface area contributed by atoms with Gasteiger partial charge in [-0.1, -0.05) is 6.07 Å². The summed E-state index contributed by atoms with van der Waals surface area (Å²) in [6.07, 6.45) is -0.711. The van der Waals surface area contributed by atoms with Gasteiger partial charge in [0.05, 0.1) is 5.69 Å². The summed E-state index contributed by atoms with van der Waals surface area (Å²) >= 11 is 0. The zero-order chi connectivity index (χ0) is 12.3. The maximum Gasteiger partial charge on any atom is 0.413 e.